The van der Waals surface area contributed by atoms with Crippen molar-refractivity contribution >= 4 is 0 Å². The molecular weight excluding hydrogens is 188 g/mol. The molecule has 0 spiro atoms. The average molecular weight is 206 g/mol. The standard InChI is InChI=1S/C13H18O2/c1-10-7-12(8-13(10)14)15-9-11-5-3-2-4-6-11/h2-6,10,12-14H,7-9H2,1H3/t10-,12-,13-/m0/s1. The van der Waals surface area contributed by atoms with E-state index in [0.29, 0.717) is 12.5 Å². The molecule has 0 heterocycles. The molecule has 1 saturated carbocycles. The van der Waals surface area contributed by atoms with E-state index in [-0.39, 0.29) is 12.2 Å². The molecule has 3 atom stereocenters. The van der Waals surface area contributed by atoms with E-state index in [1.807, 2.05) is 18.2 Å². The molecule has 0 unspecified atom stereocenters. The van der Waals surface area contributed by atoms with E-state index in [2.05, 4.69) is 19.1 Å². The van der Waals surface area contributed by atoms with Gasteiger partial charge in [-0.15, -0.1) is 0 Å². The molecule has 2 nitrogen and oxygen atoms in total. The van der Waals surface area contributed by atoms with E-state index in [1.165, 1.54) is 5.56 Å². The molecule has 0 radical (unpaired) electrons. The summed E-state index contributed by atoms with van der Waals surface area (Å²) in [5.41, 5.74) is 1.20. The van der Waals surface area contributed by atoms with Crippen molar-refractivity contribution in [3.05, 3.63) is 35.9 Å². The van der Waals surface area contributed by atoms with Gasteiger partial charge in [0.05, 0.1) is 18.8 Å². The van der Waals surface area contributed by atoms with Crippen LogP contribution < -0.4 is 0 Å². The molecular formula is C13H18O2. The first kappa shape index (κ1) is 10.7. The number of hydrogen-bond acceptors (Lipinski definition) is 2. The SMILES string of the molecule is C[C@H]1C[C@H](OCc2ccccc2)C[C@@H]1O. The van der Waals surface area contributed by atoms with Crippen molar-refractivity contribution in [2.24, 2.45) is 5.92 Å². The lowest BCUT2D eigenvalue weighted by molar-refractivity contribution is 0.0357. The normalized spacial score (nSPS) is 30.7. The second-order valence-electron chi connectivity index (χ2n) is 4.43. The molecule has 1 N–H and O–H groups in total. The average Bonchev–Trinajstić information content (AvgIpc) is 2.57. The van der Waals surface area contributed by atoms with Gasteiger partial charge in [0.1, 0.15) is 0 Å². The first-order valence-corrected chi connectivity index (χ1v) is 5.59. The Balaban J connectivity index is 1.80. The highest BCUT2D eigenvalue weighted by Gasteiger charge is 2.30. The lowest BCUT2D eigenvalue weighted by Gasteiger charge is -2.11. The second-order valence-corrected chi connectivity index (χ2v) is 4.43. The van der Waals surface area contributed by atoms with E-state index in [0.717, 1.165) is 12.8 Å². The Morgan fingerprint density at radius 1 is 1.27 bits per heavy atom. The maximum atomic E-state index is 9.59. The highest BCUT2D eigenvalue weighted by atomic mass is 16.5. The van der Waals surface area contributed by atoms with Crippen LogP contribution in [0.5, 0.6) is 0 Å². The summed E-state index contributed by atoms with van der Waals surface area (Å²) in [6.45, 7) is 2.74. The summed E-state index contributed by atoms with van der Waals surface area (Å²) in [5, 5.41) is 9.59. The van der Waals surface area contributed by atoms with Crippen LogP contribution in [0.3, 0.4) is 0 Å². The smallest absolute Gasteiger partial charge is 0.0720 e. The molecule has 15 heavy (non-hydrogen) atoms. The first-order chi connectivity index (χ1) is 7.25. The van der Waals surface area contributed by atoms with Gasteiger partial charge in [0, 0.05) is 0 Å². The monoisotopic (exact) mass is 206 g/mol. The molecule has 2 rings (SSSR count). The molecule has 0 amide bonds. The summed E-state index contributed by atoms with van der Waals surface area (Å²) in [7, 11) is 0. The fourth-order valence-electron chi connectivity index (χ4n) is 2.09. The minimum atomic E-state index is -0.175. The minimum Gasteiger partial charge on any atom is -0.393 e. The van der Waals surface area contributed by atoms with E-state index < -0.39 is 0 Å². The Morgan fingerprint density at radius 2 is 2.00 bits per heavy atom. The Labute approximate surface area is 90.9 Å². The molecule has 1 aromatic rings. The van der Waals surface area contributed by atoms with Crippen LogP contribution >= 0.6 is 0 Å². The second kappa shape index (κ2) is 4.77. The topological polar surface area (TPSA) is 29.5 Å². The number of rotatable bonds is 3. The van der Waals surface area contributed by atoms with Crippen molar-refractivity contribution in [3.63, 3.8) is 0 Å². The van der Waals surface area contributed by atoms with Crippen LogP contribution in [0.2, 0.25) is 0 Å². The summed E-state index contributed by atoms with van der Waals surface area (Å²) < 4.78 is 5.77. The zero-order valence-corrected chi connectivity index (χ0v) is 9.10. The minimum absolute atomic E-state index is 0.175. The molecule has 0 aromatic heterocycles. The highest BCUT2D eigenvalue weighted by Crippen LogP contribution is 2.28. The van der Waals surface area contributed by atoms with Gasteiger partial charge in [0.2, 0.25) is 0 Å². The van der Waals surface area contributed by atoms with E-state index in [1.54, 1.807) is 0 Å². The van der Waals surface area contributed by atoms with Gasteiger partial charge in [0.15, 0.2) is 0 Å². The van der Waals surface area contributed by atoms with Crippen molar-refractivity contribution in [3.8, 4) is 0 Å². The van der Waals surface area contributed by atoms with E-state index in [9.17, 15) is 5.11 Å². The van der Waals surface area contributed by atoms with Crippen molar-refractivity contribution in [1.29, 1.82) is 0 Å². The molecule has 1 aliphatic carbocycles. The largest absolute Gasteiger partial charge is 0.393 e. The van der Waals surface area contributed by atoms with Gasteiger partial charge in [-0.05, 0) is 24.3 Å². The molecule has 0 aliphatic heterocycles. The fourth-order valence-corrected chi connectivity index (χ4v) is 2.09. The Kier molecular flexibility index (Phi) is 3.39. The molecule has 1 aromatic carbocycles. The molecule has 1 fully saturated rings. The summed E-state index contributed by atoms with van der Waals surface area (Å²) in [6, 6.07) is 10.2. The van der Waals surface area contributed by atoms with Gasteiger partial charge in [0.25, 0.3) is 0 Å². The summed E-state index contributed by atoms with van der Waals surface area (Å²) >= 11 is 0. The van der Waals surface area contributed by atoms with Crippen molar-refractivity contribution in [1.82, 2.24) is 0 Å². The Hall–Kier alpha value is -0.860. The molecule has 0 bridgehead atoms. The third kappa shape index (κ3) is 2.80. The van der Waals surface area contributed by atoms with Crippen molar-refractivity contribution in [2.45, 2.75) is 38.6 Å². The Morgan fingerprint density at radius 3 is 2.60 bits per heavy atom. The third-order valence-corrected chi connectivity index (χ3v) is 3.12. The third-order valence-electron chi connectivity index (χ3n) is 3.12. The van der Waals surface area contributed by atoms with Gasteiger partial charge >= 0.3 is 0 Å². The van der Waals surface area contributed by atoms with Crippen LogP contribution in [0.4, 0.5) is 0 Å². The molecule has 1 aliphatic rings. The van der Waals surface area contributed by atoms with Crippen LogP contribution in [0.25, 0.3) is 0 Å². The van der Waals surface area contributed by atoms with Crippen LogP contribution in [0.15, 0.2) is 30.3 Å². The maximum Gasteiger partial charge on any atom is 0.0720 e. The van der Waals surface area contributed by atoms with Gasteiger partial charge in [-0.3, -0.25) is 0 Å². The number of aliphatic hydroxyl groups is 1. The van der Waals surface area contributed by atoms with Gasteiger partial charge in [-0.25, -0.2) is 0 Å². The van der Waals surface area contributed by atoms with Gasteiger partial charge in [-0.1, -0.05) is 37.3 Å². The lowest BCUT2D eigenvalue weighted by Crippen LogP contribution is -2.10. The van der Waals surface area contributed by atoms with Gasteiger partial charge < -0.3 is 9.84 Å². The summed E-state index contributed by atoms with van der Waals surface area (Å²) in [6.07, 6.45) is 1.82. The number of aliphatic hydroxyl groups excluding tert-OH is 1. The summed E-state index contributed by atoms with van der Waals surface area (Å²) in [4.78, 5) is 0. The van der Waals surface area contributed by atoms with E-state index in [4.69, 9.17) is 4.74 Å². The number of hydrogen-bond donors (Lipinski definition) is 1. The van der Waals surface area contributed by atoms with E-state index >= 15 is 0 Å². The molecule has 0 saturated heterocycles. The van der Waals surface area contributed by atoms with Crippen LogP contribution in [-0.2, 0) is 11.3 Å². The van der Waals surface area contributed by atoms with Crippen LogP contribution in [0.1, 0.15) is 25.3 Å². The Bertz CT molecular complexity index is 287. The number of benzene rings is 1. The zero-order valence-electron chi connectivity index (χ0n) is 9.10. The van der Waals surface area contributed by atoms with Crippen molar-refractivity contribution < 1.29 is 9.84 Å². The quantitative estimate of drug-likeness (QED) is 0.822. The van der Waals surface area contributed by atoms with Crippen molar-refractivity contribution in [2.75, 3.05) is 0 Å². The zero-order chi connectivity index (χ0) is 10.7. The van der Waals surface area contributed by atoms with Crippen LogP contribution in [0, 0.1) is 5.92 Å². The highest BCUT2D eigenvalue weighted by molar-refractivity contribution is 5.13. The maximum absolute atomic E-state index is 9.59. The predicted octanol–water partition coefficient (Wildman–Crippen LogP) is 2.36. The first-order valence-electron chi connectivity index (χ1n) is 5.59. The lowest BCUT2D eigenvalue weighted by atomic mass is 10.1. The molecule has 82 valence electrons. The van der Waals surface area contributed by atoms with Gasteiger partial charge in [-0.2, -0.15) is 0 Å². The summed E-state index contributed by atoms with van der Waals surface area (Å²) in [5.74, 6) is 0.380. The fraction of sp³-hybridized carbons (Fsp3) is 0.538. The predicted molar refractivity (Wildman–Crippen MR) is 59.4 cm³/mol. The number of ether oxygens (including phenoxy) is 1. The molecule has 2 heteroatoms. The van der Waals surface area contributed by atoms with Crippen LogP contribution in [-0.4, -0.2) is 17.3 Å².